The third-order valence-corrected chi connectivity index (χ3v) is 2.66. The van der Waals surface area contributed by atoms with Crippen LogP contribution in [-0.4, -0.2) is 36.5 Å². The molecule has 15 heavy (non-hydrogen) atoms. The van der Waals surface area contributed by atoms with E-state index in [2.05, 4.69) is 9.97 Å². The Morgan fingerprint density at radius 1 is 1.47 bits per heavy atom. The van der Waals surface area contributed by atoms with Crippen molar-refractivity contribution in [2.75, 3.05) is 30.4 Å². The Morgan fingerprint density at radius 2 is 2.20 bits per heavy atom. The number of nitrogens with zero attached hydrogens (tertiary/aromatic N) is 4. The van der Waals surface area contributed by atoms with E-state index in [-0.39, 0.29) is 11.2 Å². The minimum atomic E-state index is 0.0616. The van der Waals surface area contributed by atoms with Gasteiger partial charge in [-0.15, -0.1) is 0 Å². The molecule has 0 fully saturated rings. The van der Waals surface area contributed by atoms with Gasteiger partial charge in [0, 0.05) is 27.1 Å². The molecule has 0 spiro atoms. The maximum Gasteiger partial charge on any atom is 0.228 e. The first kappa shape index (κ1) is 10.2. The summed E-state index contributed by atoms with van der Waals surface area (Å²) in [6, 6.07) is 0. The molecule has 6 heteroatoms. The summed E-state index contributed by atoms with van der Waals surface area (Å²) in [6.07, 6.45) is 2.05. The minimum absolute atomic E-state index is 0.0616. The third kappa shape index (κ3) is 1.74. The highest BCUT2D eigenvalue weighted by Crippen LogP contribution is 2.28. The highest BCUT2D eigenvalue weighted by molar-refractivity contribution is 6.28. The second-order valence-corrected chi connectivity index (χ2v) is 3.81. The van der Waals surface area contributed by atoms with E-state index >= 15 is 0 Å². The van der Waals surface area contributed by atoms with Gasteiger partial charge in [0.2, 0.25) is 11.2 Å². The Morgan fingerprint density at radius 3 is 2.93 bits per heavy atom. The molecule has 80 valence electrons. The van der Waals surface area contributed by atoms with E-state index in [1.165, 1.54) is 0 Å². The summed E-state index contributed by atoms with van der Waals surface area (Å²) in [4.78, 5) is 23.1. The molecule has 0 saturated carbocycles. The van der Waals surface area contributed by atoms with E-state index in [1.54, 1.807) is 18.1 Å². The number of hydrogen-bond acceptors (Lipinski definition) is 4. The average Bonchev–Trinajstić information content (AvgIpc) is 2.32. The maximum absolute atomic E-state index is 11.6. The zero-order valence-electron chi connectivity index (χ0n) is 8.57. The summed E-state index contributed by atoms with van der Waals surface area (Å²) < 4.78 is 0. The number of hydrogen-bond donors (Lipinski definition) is 0. The predicted octanol–water partition coefficient (Wildman–Crippen LogP) is 0.933. The van der Waals surface area contributed by atoms with E-state index in [0.717, 1.165) is 0 Å². The standard InChI is InChI=1S/C9H11ClN4O/c1-13-4-3-7(15)14(2)6-5-11-9(10)12-8(6)13/h5H,3-4H2,1-2H3. The van der Waals surface area contributed by atoms with Gasteiger partial charge in [0.25, 0.3) is 0 Å². The van der Waals surface area contributed by atoms with Crippen molar-refractivity contribution in [1.82, 2.24) is 9.97 Å². The molecule has 0 aromatic carbocycles. The van der Waals surface area contributed by atoms with Gasteiger partial charge in [-0.2, -0.15) is 4.98 Å². The van der Waals surface area contributed by atoms with Crippen molar-refractivity contribution >= 4 is 29.0 Å². The van der Waals surface area contributed by atoms with Crippen LogP contribution >= 0.6 is 11.6 Å². The van der Waals surface area contributed by atoms with E-state index in [0.29, 0.717) is 24.5 Å². The van der Waals surface area contributed by atoms with Crippen LogP contribution in [0.25, 0.3) is 0 Å². The molecule has 2 rings (SSSR count). The summed E-state index contributed by atoms with van der Waals surface area (Å²) in [7, 11) is 3.60. The van der Waals surface area contributed by atoms with Gasteiger partial charge in [0.15, 0.2) is 5.82 Å². The SMILES string of the molecule is CN1CCC(=O)N(C)c2cnc(Cl)nc21. The summed E-state index contributed by atoms with van der Waals surface area (Å²) in [5.74, 6) is 0.759. The number of amides is 1. The Bertz CT molecular complexity index is 409. The van der Waals surface area contributed by atoms with Crippen molar-refractivity contribution in [3.05, 3.63) is 11.5 Å². The van der Waals surface area contributed by atoms with Crippen LogP contribution in [0.3, 0.4) is 0 Å². The number of anilines is 2. The summed E-state index contributed by atoms with van der Waals surface area (Å²) in [6.45, 7) is 0.642. The summed E-state index contributed by atoms with van der Waals surface area (Å²) in [5.41, 5.74) is 0.699. The number of aromatic nitrogens is 2. The van der Waals surface area contributed by atoms with Crippen molar-refractivity contribution < 1.29 is 4.79 Å². The molecule has 0 aliphatic carbocycles. The molecule has 1 aromatic rings. The van der Waals surface area contributed by atoms with Gasteiger partial charge in [-0.3, -0.25) is 4.79 Å². The fourth-order valence-electron chi connectivity index (χ4n) is 1.53. The lowest BCUT2D eigenvalue weighted by molar-refractivity contribution is -0.118. The second kappa shape index (κ2) is 3.66. The quantitative estimate of drug-likeness (QED) is 0.618. The molecular formula is C9H11ClN4O. The predicted molar refractivity (Wildman–Crippen MR) is 58.3 cm³/mol. The number of fused-ring (bicyclic) bond motifs is 1. The Kier molecular flexibility index (Phi) is 2.48. The van der Waals surface area contributed by atoms with E-state index in [1.807, 2.05) is 11.9 Å². The fraction of sp³-hybridized carbons (Fsp3) is 0.444. The molecule has 1 aliphatic rings. The lowest BCUT2D eigenvalue weighted by atomic mass is 10.4. The Hall–Kier alpha value is -1.36. The van der Waals surface area contributed by atoms with Crippen molar-refractivity contribution in [3.8, 4) is 0 Å². The molecule has 0 radical (unpaired) electrons. The van der Waals surface area contributed by atoms with Gasteiger partial charge in [-0.1, -0.05) is 0 Å². The van der Waals surface area contributed by atoms with Gasteiger partial charge in [-0.25, -0.2) is 4.98 Å². The lowest BCUT2D eigenvalue weighted by Gasteiger charge is -2.19. The average molecular weight is 227 g/mol. The molecular weight excluding hydrogens is 216 g/mol. The van der Waals surface area contributed by atoms with Crippen LogP contribution < -0.4 is 9.80 Å². The van der Waals surface area contributed by atoms with Crippen LogP contribution in [0, 0.1) is 0 Å². The van der Waals surface area contributed by atoms with Crippen LogP contribution in [-0.2, 0) is 4.79 Å². The van der Waals surface area contributed by atoms with Crippen LogP contribution in [0.1, 0.15) is 6.42 Å². The minimum Gasteiger partial charge on any atom is -0.357 e. The van der Waals surface area contributed by atoms with Gasteiger partial charge in [0.1, 0.15) is 5.69 Å². The number of carbonyl (C=O) groups is 1. The highest BCUT2D eigenvalue weighted by atomic mass is 35.5. The third-order valence-electron chi connectivity index (χ3n) is 2.48. The summed E-state index contributed by atoms with van der Waals surface area (Å²) >= 11 is 5.73. The maximum atomic E-state index is 11.6. The highest BCUT2D eigenvalue weighted by Gasteiger charge is 2.23. The van der Waals surface area contributed by atoms with Crippen molar-refractivity contribution in [3.63, 3.8) is 0 Å². The normalized spacial score (nSPS) is 16.3. The van der Waals surface area contributed by atoms with Crippen LogP contribution in [0.15, 0.2) is 6.20 Å². The first-order chi connectivity index (χ1) is 7.09. The van der Waals surface area contributed by atoms with Gasteiger partial charge in [-0.05, 0) is 11.6 Å². The van der Waals surface area contributed by atoms with E-state index in [4.69, 9.17) is 11.6 Å². The molecule has 0 N–H and O–H groups in total. The largest absolute Gasteiger partial charge is 0.357 e. The Balaban J connectivity index is 2.54. The van der Waals surface area contributed by atoms with E-state index < -0.39 is 0 Å². The molecule has 1 aliphatic heterocycles. The van der Waals surface area contributed by atoms with Gasteiger partial charge in [0.05, 0.1) is 6.20 Å². The van der Waals surface area contributed by atoms with Crippen LogP contribution in [0.5, 0.6) is 0 Å². The molecule has 0 atom stereocenters. The first-order valence-electron chi connectivity index (χ1n) is 4.60. The smallest absolute Gasteiger partial charge is 0.228 e. The molecule has 0 saturated heterocycles. The van der Waals surface area contributed by atoms with Crippen LogP contribution in [0.2, 0.25) is 5.28 Å². The number of rotatable bonds is 0. The first-order valence-corrected chi connectivity index (χ1v) is 4.97. The lowest BCUT2D eigenvalue weighted by Crippen LogP contribution is -2.25. The molecule has 1 aromatic heterocycles. The molecule has 0 unspecified atom stereocenters. The fourth-order valence-corrected chi connectivity index (χ4v) is 1.66. The second-order valence-electron chi connectivity index (χ2n) is 3.47. The van der Waals surface area contributed by atoms with Crippen molar-refractivity contribution in [2.45, 2.75) is 6.42 Å². The van der Waals surface area contributed by atoms with Gasteiger partial charge >= 0.3 is 0 Å². The topological polar surface area (TPSA) is 49.3 Å². The van der Waals surface area contributed by atoms with Crippen LogP contribution in [0.4, 0.5) is 11.5 Å². The number of halogens is 1. The zero-order valence-corrected chi connectivity index (χ0v) is 9.32. The molecule has 5 nitrogen and oxygen atoms in total. The Labute approximate surface area is 92.7 Å². The molecule has 1 amide bonds. The number of carbonyl (C=O) groups excluding carboxylic acids is 1. The van der Waals surface area contributed by atoms with E-state index in [9.17, 15) is 4.79 Å². The van der Waals surface area contributed by atoms with Crippen molar-refractivity contribution in [1.29, 1.82) is 0 Å². The molecule has 0 bridgehead atoms. The van der Waals surface area contributed by atoms with Gasteiger partial charge < -0.3 is 9.80 Å². The zero-order chi connectivity index (χ0) is 11.0. The molecule has 2 heterocycles. The monoisotopic (exact) mass is 226 g/mol. The summed E-state index contributed by atoms with van der Waals surface area (Å²) in [5, 5.41) is 0.198. The van der Waals surface area contributed by atoms with Crippen molar-refractivity contribution in [2.24, 2.45) is 0 Å².